The van der Waals surface area contributed by atoms with Gasteiger partial charge in [-0.3, -0.25) is 0 Å². The molecule has 0 bridgehead atoms. The highest BCUT2D eigenvalue weighted by atomic mass is 15.2. The standard InChI is InChI=1S/C18H30N2/c1-4-12-19-18(17-10-6-5-8-15(17)2)11-14-20-13-7-9-16(20)3/h5-6,8,10,16,18-19H,4,7,9,11-14H2,1-3H3. The van der Waals surface area contributed by atoms with Gasteiger partial charge in [-0.15, -0.1) is 0 Å². The molecular formula is C18H30N2. The zero-order chi connectivity index (χ0) is 14.4. The van der Waals surface area contributed by atoms with Crippen LogP contribution in [0.25, 0.3) is 0 Å². The molecule has 1 heterocycles. The summed E-state index contributed by atoms with van der Waals surface area (Å²) in [6, 6.07) is 10.1. The number of hydrogen-bond acceptors (Lipinski definition) is 2. The minimum atomic E-state index is 0.504. The van der Waals surface area contributed by atoms with Crippen LogP contribution in [0.2, 0.25) is 0 Å². The third kappa shape index (κ3) is 4.07. The number of aryl methyl sites for hydroxylation is 1. The van der Waals surface area contributed by atoms with Crippen LogP contribution in [0.15, 0.2) is 24.3 Å². The van der Waals surface area contributed by atoms with Crippen LogP contribution >= 0.6 is 0 Å². The van der Waals surface area contributed by atoms with Gasteiger partial charge in [-0.05, 0) is 63.7 Å². The minimum absolute atomic E-state index is 0.504. The van der Waals surface area contributed by atoms with Crippen molar-refractivity contribution in [3.05, 3.63) is 35.4 Å². The van der Waals surface area contributed by atoms with Crippen LogP contribution in [0.4, 0.5) is 0 Å². The lowest BCUT2D eigenvalue weighted by atomic mass is 9.98. The van der Waals surface area contributed by atoms with E-state index in [2.05, 4.69) is 55.3 Å². The molecular weight excluding hydrogens is 244 g/mol. The van der Waals surface area contributed by atoms with Crippen molar-refractivity contribution in [3.8, 4) is 0 Å². The largest absolute Gasteiger partial charge is 0.310 e. The number of benzene rings is 1. The summed E-state index contributed by atoms with van der Waals surface area (Å²) < 4.78 is 0. The van der Waals surface area contributed by atoms with Crippen LogP contribution in [0.1, 0.15) is 56.7 Å². The van der Waals surface area contributed by atoms with Crippen LogP contribution in [0.3, 0.4) is 0 Å². The summed E-state index contributed by atoms with van der Waals surface area (Å²) in [6.07, 6.45) is 5.16. The predicted molar refractivity (Wildman–Crippen MR) is 87.1 cm³/mol. The monoisotopic (exact) mass is 274 g/mol. The Labute approximate surface area is 124 Å². The van der Waals surface area contributed by atoms with Gasteiger partial charge in [-0.25, -0.2) is 0 Å². The maximum atomic E-state index is 3.74. The van der Waals surface area contributed by atoms with Crippen molar-refractivity contribution >= 4 is 0 Å². The summed E-state index contributed by atoms with van der Waals surface area (Å²) >= 11 is 0. The highest BCUT2D eigenvalue weighted by molar-refractivity contribution is 5.28. The Morgan fingerprint density at radius 3 is 2.80 bits per heavy atom. The van der Waals surface area contributed by atoms with E-state index in [1.54, 1.807) is 0 Å². The van der Waals surface area contributed by atoms with E-state index in [1.807, 2.05) is 0 Å². The van der Waals surface area contributed by atoms with Gasteiger partial charge < -0.3 is 10.2 Å². The zero-order valence-corrected chi connectivity index (χ0v) is 13.4. The molecule has 1 aromatic carbocycles. The molecule has 0 spiro atoms. The quantitative estimate of drug-likeness (QED) is 0.811. The Balaban J connectivity index is 1.98. The summed E-state index contributed by atoms with van der Waals surface area (Å²) in [4.78, 5) is 2.65. The lowest BCUT2D eigenvalue weighted by molar-refractivity contribution is 0.251. The first kappa shape index (κ1) is 15.5. The fraction of sp³-hybridized carbons (Fsp3) is 0.667. The van der Waals surface area contributed by atoms with Gasteiger partial charge in [0, 0.05) is 18.6 Å². The lowest BCUT2D eigenvalue weighted by Crippen LogP contribution is -2.32. The van der Waals surface area contributed by atoms with Crippen molar-refractivity contribution in [2.75, 3.05) is 19.6 Å². The van der Waals surface area contributed by atoms with Crippen molar-refractivity contribution in [2.24, 2.45) is 0 Å². The molecule has 0 radical (unpaired) electrons. The van der Waals surface area contributed by atoms with E-state index in [-0.39, 0.29) is 0 Å². The fourth-order valence-electron chi connectivity index (χ4n) is 3.28. The first-order valence-electron chi connectivity index (χ1n) is 8.25. The summed E-state index contributed by atoms with van der Waals surface area (Å²) in [5.41, 5.74) is 2.89. The Kier molecular flexibility index (Phi) is 6.06. The number of nitrogens with one attached hydrogen (secondary N) is 1. The molecule has 0 aliphatic carbocycles. The minimum Gasteiger partial charge on any atom is -0.310 e. The maximum Gasteiger partial charge on any atom is 0.0335 e. The average Bonchev–Trinajstić information content (AvgIpc) is 2.86. The molecule has 2 unspecified atom stereocenters. The van der Waals surface area contributed by atoms with Gasteiger partial charge in [0.25, 0.3) is 0 Å². The molecule has 1 N–H and O–H groups in total. The van der Waals surface area contributed by atoms with Crippen LogP contribution in [-0.2, 0) is 0 Å². The van der Waals surface area contributed by atoms with Gasteiger partial charge >= 0.3 is 0 Å². The fourth-order valence-corrected chi connectivity index (χ4v) is 3.28. The van der Waals surface area contributed by atoms with Gasteiger partial charge in [0.05, 0.1) is 0 Å². The molecule has 2 heteroatoms. The van der Waals surface area contributed by atoms with Crippen LogP contribution in [-0.4, -0.2) is 30.6 Å². The van der Waals surface area contributed by atoms with E-state index in [1.165, 1.54) is 49.9 Å². The maximum absolute atomic E-state index is 3.74. The van der Waals surface area contributed by atoms with Gasteiger partial charge in [0.15, 0.2) is 0 Å². The Morgan fingerprint density at radius 1 is 1.35 bits per heavy atom. The predicted octanol–water partition coefficient (Wildman–Crippen LogP) is 3.91. The van der Waals surface area contributed by atoms with Crippen molar-refractivity contribution in [1.29, 1.82) is 0 Å². The van der Waals surface area contributed by atoms with Crippen molar-refractivity contribution in [1.82, 2.24) is 10.2 Å². The molecule has 1 aromatic rings. The highest BCUT2D eigenvalue weighted by Gasteiger charge is 2.21. The topological polar surface area (TPSA) is 15.3 Å². The summed E-state index contributed by atoms with van der Waals surface area (Å²) in [6.45, 7) is 10.5. The number of nitrogens with zero attached hydrogens (tertiary/aromatic N) is 1. The molecule has 20 heavy (non-hydrogen) atoms. The molecule has 112 valence electrons. The summed E-state index contributed by atoms with van der Waals surface area (Å²) in [5.74, 6) is 0. The van der Waals surface area contributed by atoms with E-state index in [9.17, 15) is 0 Å². The Bertz CT molecular complexity index is 402. The molecule has 0 amide bonds. The third-order valence-corrected chi connectivity index (χ3v) is 4.60. The molecule has 1 aliphatic rings. The zero-order valence-electron chi connectivity index (χ0n) is 13.4. The number of likely N-dealkylation sites (tertiary alicyclic amines) is 1. The second-order valence-electron chi connectivity index (χ2n) is 6.18. The molecule has 2 nitrogen and oxygen atoms in total. The van der Waals surface area contributed by atoms with E-state index in [0.717, 1.165) is 12.6 Å². The Hall–Kier alpha value is -0.860. The molecule has 2 atom stereocenters. The molecule has 0 saturated carbocycles. The lowest BCUT2D eigenvalue weighted by Gasteiger charge is -2.26. The second-order valence-corrected chi connectivity index (χ2v) is 6.18. The van der Waals surface area contributed by atoms with Crippen molar-refractivity contribution in [3.63, 3.8) is 0 Å². The van der Waals surface area contributed by atoms with Gasteiger partial charge in [-0.2, -0.15) is 0 Å². The van der Waals surface area contributed by atoms with Crippen LogP contribution in [0, 0.1) is 6.92 Å². The Morgan fingerprint density at radius 2 is 2.15 bits per heavy atom. The van der Waals surface area contributed by atoms with E-state index >= 15 is 0 Å². The molecule has 0 aromatic heterocycles. The van der Waals surface area contributed by atoms with E-state index in [4.69, 9.17) is 0 Å². The van der Waals surface area contributed by atoms with E-state index < -0.39 is 0 Å². The molecule has 2 rings (SSSR count). The average molecular weight is 274 g/mol. The molecule has 1 aliphatic heterocycles. The number of rotatable bonds is 7. The van der Waals surface area contributed by atoms with Crippen LogP contribution in [0.5, 0.6) is 0 Å². The summed E-state index contributed by atoms with van der Waals surface area (Å²) in [5, 5.41) is 3.74. The smallest absolute Gasteiger partial charge is 0.0335 e. The van der Waals surface area contributed by atoms with Crippen LogP contribution < -0.4 is 5.32 Å². The molecule has 1 saturated heterocycles. The highest BCUT2D eigenvalue weighted by Crippen LogP contribution is 2.23. The normalized spacial score (nSPS) is 21.2. The first-order chi connectivity index (χ1) is 9.72. The van der Waals surface area contributed by atoms with Crippen molar-refractivity contribution in [2.45, 2.75) is 58.5 Å². The van der Waals surface area contributed by atoms with Gasteiger partial charge in [0.2, 0.25) is 0 Å². The second kappa shape index (κ2) is 7.80. The SMILES string of the molecule is CCCNC(CCN1CCCC1C)c1ccccc1C. The number of hydrogen-bond donors (Lipinski definition) is 1. The molecule has 1 fully saturated rings. The van der Waals surface area contributed by atoms with E-state index in [0.29, 0.717) is 6.04 Å². The first-order valence-corrected chi connectivity index (χ1v) is 8.25. The van der Waals surface area contributed by atoms with Gasteiger partial charge in [0.1, 0.15) is 0 Å². The third-order valence-electron chi connectivity index (χ3n) is 4.60. The van der Waals surface area contributed by atoms with Crippen molar-refractivity contribution < 1.29 is 0 Å². The summed E-state index contributed by atoms with van der Waals surface area (Å²) in [7, 11) is 0. The van der Waals surface area contributed by atoms with Gasteiger partial charge in [-0.1, -0.05) is 31.2 Å².